The Morgan fingerprint density at radius 1 is 1.06 bits per heavy atom. The van der Waals surface area contributed by atoms with Crippen molar-refractivity contribution in [3.8, 4) is 0 Å². The summed E-state index contributed by atoms with van der Waals surface area (Å²) in [6.45, 7) is 3.20. The summed E-state index contributed by atoms with van der Waals surface area (Å²) in [5.74, 6) is -1.03. The van der Waals surface area contributed by atoms with Crippen molar-refractivity contribution in [3.05, 3.63) is 80.8 Å². The fourth-order valence-corrected chi connectivity index (χ4v) is 3.48. The smallest absolute Gasteiger partial charge is 0.338 e. The number of carbonyl (C=O) groups excluding carboxylic acids is 2. The second kappa shape index (κ2) is 10.1. The van der Waals surface area contributed by atoms with Crippen molar-refractivity contribution in [3.63, 3.8) is 0 Å². The van der Waals surface area contributed by atoms with Gasteiger partial charge in [0.25, 0.3) is 0 Å². The fraction of sp³-hybridized carbons (Fsp3) is 0.304. The van der Waals surface area contributed by atoms with Crippen molar-refractivity contribution in [1.29, 1.82) is 0 Å². The summed E-state index contributed by atoms with van der Waals surface area (Å²) < 4.78 is 17.8. The highest BCUT2D eigenvalue weighted by atomic mass is 79.9. The van der Waals surface area contributed by atoms with Gasteiger partial charge in [-0.25, -0.2) is 9.59 Å². The van der Waals surface area contributed by atoms with Gasteiger partial charge in [-0.05, 0) is 74.5 Å². The lowest BCUT2D eigenvalue weighted by molar-refractivity contribution is -0.0185. The van der Waals surface area contributed by atoms with Crippen LogP contribution >= 0.6 is 31.9 Å². The number of esters is 2. The lowest BCUT2D eigenvalue weighted by atomic mass is 9.97. The molecule has 0 amide bonds. The van der Waals surface area contributed by atoms with Crippen molar-refractivity contribution in [2.75, 3.05) is 6.61 Å². The van der Waals surface area contributed by atoms with E-state index in [0.29, 0.717) is 11.1 Å². The number of ether oxygens (including phenoxy) is 3. The molecule has 0 bridgehead atoms. The van der Waals surface area contributed by atoms with Gasteiger partial charge in [-0.1, -0.05) is 31.9 Å². The molecule has 6 nitrogen and oxygen atoms in total. The molecule has 0 aliphatic carbocycles. The minimum absolute atomic E-state index is 0.179. The van der Waals surface area contributed by atoms with Crippen LogP contribution in [0.25, 0.3) is 0 Å². The Balaban J connectivity index is 1.62. The van der Waals surface area contributed by atoms with Crippen LogP contribution in [0.2, 0.25) is 0 Å². The molecule has 3 rings (SSSR count). The zero-order valence-corrected chi connectivity index (χ0v) is 20.1. The van der Waals surface area contributed by atoms with E-state index < -0.39 is 29.7 Å². The first-order chi connectivity index (χ1) is 14.7. The zero-order chi connectivity index (χ0) is 22.6. The van der Waals surface area contributed by atoms with Gasteiger partial charge in [-0.2, -0.15) is 0 Å². The highest BCUT2D eigenvalue weighted by Crippen LogP contribution is 2.34. The zero-order valence-electron chi connectivity index (χ0n) is 17.0. The van der Waals surface area contributed by atoms with E-state index in [9.17, 15) is 14.7 Å². The molecule has 0 radical (unpaired) electrons. The van der Waals surface area contributed by atoms with E-state index in [0.717, 1.165) is 8.95 Å². The van der Waals surface area contributed by atoms with E-state index in [4.69, 9.17) is 14.2 Å². The number of carbonyl (C=O) groups is 2. The minimum Gasteiger partial charge on any atom is -0.459 e. The molecule has 2 aromatic rings. The molecule has 164 valence electrons. The first kappa shape index (κ1) is 23.7. The average Bonchev–Trinajstić information content (AvgIpc) is 3.49. The van der Waals surface area contributed by atoms with E-state index in [1.54, 1.807) is 61.5 Å². The number of epoxide rings is 1. The molecule has 2 aromatic carbocycles. The molecule has 0 unspecified atom stereocenters. The Kier molecular flexibility index (Phi) is 7.69. The van der Waals surface area contributed by atoms with Crippen molar-refractivity contribution in [2.24, 2.45) is 0 Å². The lowest BCUT2D eigenvalue weighted by Crippen LogP contribution is -2.40. The van der Waals surface area contributed by atoms with Crippen LogP contribution in [-0.2, 0) is 14.2 Å². The molecule has 0 aromatic heterocycles. The van der Waals surface area contributed by atoms with Gasteiger partial charge in [-0.15, -0.1) is 0 Å². The van der Waals surface area contributed by atoms with Gasteiger partial charge in [-0.3, -0.25) is 0 Å². The van der Waals surface area contributed by atoms with E-state index in [-0.39, 0.29) is 12.7 Å². The Hall–Kier alpha value is -2.00. The molecule has 0 saturated carbocycles. The molecule has 1 heterocycles. The van der Waals surface area contributed by atoms with Crippen LogP contribution in [0.3, 0.4) is 0 Å². The topological polar surface area (TPSA) is 85.4 Å². The second-order valence-electron chi connectivity index (χ2n) is 7.31. The van der Waals surface area contributed by atoms with Crippen LogP contribution < -0.4 is 0 Å². The van der Waals surface area contributed by atoms with Gasteiger partial charge in [0.05, 0.1) is 17.2 Å². The fourth-order valence-electron chi connectivity index (χ4n) is 2.95. The maximum absolute atomic E-state index is 12.3. The van der Waals surface area contributed by atoms with E-state index in [1.165, 1.54) is 6.08 Å². The number of hydrogen-bond donors (Lipinski definition) is 1. The van der Waals surface area contributed by atoms with Gasteiger partial charge in [0.1, 0.15) is 24.4 Å². The number of benzene rings is 2. The first-order valence-corrected chi connectivity index (χ1v) is 11.2. The van der Waals surface area contributed by atoms with Crippen molar-refractivity contribution < 1.29 is 28.9 Å². The SMILES string of the molecule is C[C@@H]1O[C@H]1[C@@](O)(/C=C/[C@H](C)OC(=O)c1ccc(Br)cc1)COC(=O)c1ccc(Br)cc1. The Labute approximate surface area is 197 Å². The summed E-state index contributed by atoms with van der Waals surface area (Å²) in [5.41, 5.74) is -0.750. The highest BCUT2D eigenvalue weighted by molar-refractivity contribution is 9.10. The van der Waals surface area contributed by atoms with Crippen LogP contribution in [0.5, 0.6) is 0 Å². The molecule has 1 N–H and O–H groups in total. The van der Waals surface area contributed by atoms with E-state index >= 15 is 0 Å². The Morgan fingerprint density at radius 3 is 2.03 bits per heavy atom. The predicted molar refractivity (Wildman–Crippen MR) is 122 cm³/mol. The van der Waals surface area contributed by atoms with Crippen molar-refractivity contribution in [2.45, 2.75) is 37.8 Å². The van der Waals surface area contributed by atoms with Crippen LogP contribution in [0.1, 0.15) is 34.6 Å². The molecule has 4 atom stereocenters. The van der Waals surface area contributed by atoms with Crippen LogP contribution in [0.15, 0.2) is 69.6 Å². The summed E-state index contributed by atoms with van der Waals surface area (Å²) in [4.78, 5) is 24.6. The average molecular weight is 554 g/mol. The Bertz CT molecular complexity index is 957. The number of aliphatic hydroxyl groups is 1. The predicted octanol–water partition coefficient (Wildman–Crippen LogP) is 4.69. The quantitative estimate of drug-likeness (QED) is 0.290. The van der Waals surface area contributed by atoms with Gasteiger partial charge >= 0.3 is 11.9 Å². The third kappa shape index (κ3) is 6.49. The van der Waals surface area contributed by atoms with Crippen LogP contribution in [-0.4, -0.2) is 47.6 Å². The van der Waals surface area contributed by atoms with Gasteiger partial charge < -0.3 is 19.3 Å². The van der Waals surface area contributed by atoms with Gasteiger partial charge in [0, 0.05) is 8.95 Å². The number of rotatable bonds is 8. The van der Waals surface area contributed by atoms with Gasteiger partial charge in [0.15, 0.2) is 0 Å². The minimum atomic E-state index is -1.54. The maximum Gasteiger partial charge on any atom is 0.338 e. The standard InChI is InChI=1S/C23H22Br2O6/c1-14(30-22(27)17-5-9-19(25)10-6-17)11-12-23(28,20-15(2)31-20)13-29-21(26)16-3-7-18(24)8-4-16/h3-12,14-15,20,28H,13H2,1-2H3/b12-11+/t14-,15-,20+,23+/m0/s1. The van der Waals surface area contributed by atoms with E-state index in [2.05, 4.69) is 31.9 Å². The second-order valence-corrected chi connectivity index (χ2v) is 9.14. The molecule has 31 heavy (non-hydrogen) atoms. The summed E-state index contributed by atoms with van der Waals surface area (Å²) in [5, 5.41) is 11.0. The van der Waals surface area contributed by atoms with Crippen molar-refractivity contribution in [1.82, 2.24) is 0 Å². The summed E-state index contributed by atoms with van der Waals surface area (Å²) in [6.07, 6.45) is 1.71. The summed E-state index contributed by atoms with van der Waals surface area (Å²) >= 11 is 6.63. The van der Waals surface area contributed by atoms with Gasteiger partial charge in [0.2, 0.25) is 0 Å². The molecule has 1 fully saturated rings. The largest absolute Gasteiger partial charge is 0.459 e. The van der Waals surface area contributed by atoms with Crippen LogP contribution in [0.4, 0.5) is 0 Å². The molecule has 1 saturated heterocycles. The third-order valence-corrected chi connectivity index (χ3v) is 5.80. The first-order valence-electron chi connectivity index (χ1n) is 9.64. The normalized spacial score (nSPS) is 20.7. The molecule has 8 heteroatoms. The summed E-state index contributed by atoms with van der Waals surface area (Å²) in [6, 6.07) is 13.5. The lowest BCUT2D eigenvalue weighted by Gasteiger charge is -2.23. The van der Waals surface area contributed by atoms with Crippen LogP contribution in [0, 0.1) is 0 Å². The maximum atomic E-state index is 12.3. The summed E-state index contributed by atoms with van der Waals surface area (Å²) in [7, 11) is 0. The Morgan fingerprint density at radius 2 is 1.55 bits per heavy atom. The number of halogens is 2. The molecular formula is C23H22Br2O6. The molecule has 1 aliphatic heterocycles. The molecule has 1 aliphatic rings. The third-order valence-electron chi connectivity index (χ3n) is 4.75. The monoisotopic (exact) mass is 552 g/mol. The van der Waals surface area contributed by atoms with E-state index in [1.807, 2.05) is 6.92 Å². The number of hydrogen-bond acceptors (Lipinski definition) is 6. The van der Waals surface area contributed by atoms with Crippen molar-refractivity contribution >= 4 is 43.8 Å². The molecular weight excluding hydrogens is 532 g/mol. The highest BCUT2D eigenvalue weighted by Gasteiger charge is 2.51. The molecule has 0 spiro atoms.